The lowest BCUT2D eigenvalue weighted by Gasteiger charge is -2.47. The highest BCUT2D eigenvalue weighted by atomic mass is 16.2. The van der Waals surface area contributed by atoms with Crippen LogP contribution in [0.2, 0.25) is 0 Å². The zero-order valence-electron chi connectivity index (χ0n) is 12.5. The standard InChI is InChI=1S/C15H23N5O/c1-11-9-19-8-3-2-5-12(19)10-20(11)15(21)13-6-4-7-17-14(13)18-16/h4,6-7,11-12H,2-3,5,8-10,16H2,1H3,(H,17,18). The van der Waals surface area contributed by atoms with E-state index in [1.165, 1.54) is 25.8 Å². The number of carbonyl (C=O) groups is 1. The molecule has 2 atom stereocenters. The van der Waals surface area contributed by atoms with Gasteiger partial charge in [0.15, 0.2) is 5.82 Å². The molecule has 3 N–H and O–H groups in total. The van der Waals surface area contributed by atoms with Crippen LogP contribution >= 0.6 is 0 Å². The number of amides is 1. The van der Waals surface area contributed by atoms with E-state index in [-0.39, 0.29) is 11.9 Å². The third kappa shape index (κ3) is 2.73. The van der Waals surface area contributed by atoms with Gasteiger partial charge < -0.3 is 10.3 Å². The SMILES string of the molecule is CC1CN2CCCCC2CN1C(=O)c1cccnc1NN. The van der Waals surface area contributed by atoms with Crippen molar-refractivity contribution in [2.24, 2.45) is 5.84 Å². The molecule has 2 aliphatic rings. The molecule has 3 heterocycles. The Morgan fingerprint density at radius 3 is 3.10 bits per heavy atom. The third-order valence-electron chi connectivity index (χ3n) is 4.62. The number of aromatic nitrogens is 1. The lowest BCUT2D eigenvalue weighted by molar-refractivity contribution is 0.0152. The number of hydrazine groups is 1. The van der Waals surface area contributed by atoms with Crippen molar-refractivity contribution in [3.05, 3.63) is 23.9 Å². The van der Waals surface area contributed by atoms with Crippen molar-refractivity contribution in [2.45, 2.75) is 38.3 Å². The Morgan fingerprint density at radius 1 is 1.43 bits per heavy atom. The van der Waals surface area contributed by atoms with Gasteiger partial charge in [0.25, 0.3) is 5.91 Å². The normalized spacial score (nSPS) is 26.3. The maximum atomic E-state index is 12.8. The number of rotatable bonds is 2. The number of carbonyl (C=O) groups excluding carboxylic acids is 1. The number of pyridine rings is 1. The predicted molar refractivity (Wildman–Crippen MR) is 81.8 cm³/mol. The van der Waals surface area contributed by atoms with Gasteiger partial charge in [-0.3, -0.25) is 9.69 Å². The molecule has 2 fully saturated rings. The largest absolute Gasteiger partial charge is 0.333 e. The van der Waals surface area contributed by atoms with Crippen molar-refractivity contribution in [1.29, 1.82) is 0 Å². The molecule has 21 heavy (non-hydrogen) atoms. The molecule has 1 amide bonds. The quantitative estimate of drug-likeness (QED) is 0.629. The van der Waals surface area contributed by atoms with E-state index in [0.717, 1.165) is 13.1 Å². The van der Waals surface area contributed by atoms with Crippen LogP contribution < -0.4 is 11.3 Å². The molecule has 0 radical (unpaired) electrons. The van der Waals surface area contributed by atoms with Crippen LogP contribution in [0, 0.1) is 0 Å². The monoisotopic (exact) mass is 289 g/mol. The maximum absolute atomic E-state index is 12.8. The molecule has 6 heteroatoms. The number of fused-ring (bicyclic) bond motifs is 1. The molecule has 2 aliphatic heterocycles. The summed E-state index contributed by atoms with van der Waals surface area (Å²) in [6.07, 6.45) is 5.36. The van der Waals surface area contributed by atoms with E-state index in [1.54, 1.807) is 18.3 Å². The second-order valence-corrected chi connectivity index (χ2v) is 5.99. The van der Waals surface area contributed by atoms with Crippen LogP contribution in [-0.4, -0.2) is 52.4 Å². The Bertz CT molecular complexity index is 521. The number of anilines is 1. The van der Waals surface area contributed by atoms with Crippen LogP contribution in [0.15, 0.2) is 18.3 Å². The average molecular weight is 289 g/mol. The number of hydrogen-bond acceptors (Lipinski definition) is 5. The smallest absolute Gasteiger partial charge is 0.257 e. The van der Waals surface area contributed by atoms with Crippen LogP contribution in [0.5, 0.6) is 0 Å². The number of piperidine rings is 1. The second kappa shape index (κ2) is 5.99. The van der Waals surface area contributed by atoms with Crippen molar-refractivity contribution in [3.8, 4) is 0 Å². The minimum absolute atomic E-state index is 0.0220. The number of nitrogens with one attached hydrogen (secondary N) is 1. The highest BCUT2D eigenvalue weighted by Gasteiger charge is 2.36. The van der Waals surface area contributed by atoms with Gasteiger partial charge in [-0.1, -0.05) is 6.42 Å². The Kier molecular flexibility index (Phi) is 4.07. The van der Waals surface area contributed by atoms with Gasteiger partial charge in [0.2, 0.25) is 0 Å². The van der Waals surface area contributed by atoms with Crippen LogP contribution in [0.25, 0.3) is 0 Å². The molecule has 0 bridgehead atoms. The first-order valence-corrected chi connectivity index (χ1v) is 7.67. The number of nitrogens with zero attached hydrogens (tertiary/aromatic N) is 3. The molecule has 0 spiro atoms. The Morgan fingerprint density at radius 2 is 2.29 bits per heavy atom. The van der Waals surface area contributed by atoms with Crippen molar-refractivity contribution >= 4 is 11.7 Å². The number of piperazine rings is 1. The molecule has 0 aliphatic carbocycles. The summed E-state index contributed by atoms with van der Waals surface area (Å²) in [6, 6.07) is 4.28. The molecule has 1 aromatic heterocycles. The Labute approximate surface area is 125 Å². The van der Waals surface area contributed by atoms with E-state index in [9.17, 15) is 4.79 Å². The highest BCUT2D eigenvalue weighted by molar-refractivity contribution is 5.98. The lowest BCUT2D eigenvalue weighted by atomic mass is 9.96. The van der Waals surface area contributed by atoms with Gasteiger partial charge in [-0.2, -0.15) is 0 Å². The first-order valence-electron chi connectivity index (χ1n) is 7.67. The van der Waals surface area contributed by atoms with Crippen molar-refractivity contribution in [1.82, 2.24) is 14.8 Å². The molecule has 0 saturated carbocycles. The van der Waals surface area contributed by atoms with Crippen LogP contribution in [-0.2, 0) is 0 Å². The number of nitrogen functional groups attached to an aromatic ring is 1. The van der Waals surface area contributed by atoms with E-state index in [1.807, 2.05) is 4.90 Å². The van der Waals surface area contributed by atoms with E-state index in [4.69, 9.17) is 5.84 Å². The fraction of sp³-hybridized carbons (Fsp3) is 0.600. The maximum Gasteiger partial charge on any atom is 0.257 e. The van der Waals surface area contributed by atoms with Gasteiger partial charge >= 0.3 is 0 Å². The zero-order chi connectivity index (χ0) is 14.8. The van der Waals surface area contributed by atoms with Crippen LogP contribution in [0.1, 0.15) is 36.5 Å². The summed E-state index contributed by atoms with van der Waals surface area (Å²) in [4.78, 5) is 21.5. The average Bonchev–Trinajstić information content (AvgIpc) is 2.53. The van der Waals surface area contributed by atoms with Gasteiger partial charge in [-0.25, -0.2) is 10.8 Å². The van der Waals surface area contributed by atoms with Crippen molar-refractivity contribution < 1.29 is 4.79 Å². The molecule has 6 nitrogen and oxygen atoms in total. The lowest BCUT2D eigenvalue weighted by Crippen LogP contribution is -2.60. The van der Waals surface area contributed by atoms with Gasteiger partial charge in [0.1, 0.15) is 0 Å². The topological polar surface area (TPSA) is 74.5 Å². The number of nitrogens with two attached hydrogens (primary N) is 1. The summed E-state index contributed by atoms with van der Waals surface area (Å²) in [6.45, 7) is 5.05. The fourth-order valence-electron chi connectivity index (χ4n) is 3.48. The molecular weight excluding hydrogens is 266 g/mol. The van der Waals surface area contributed by atoms with E-state index in [0.29, 0.717) is 17.4 Å². The minimum atomic E-state index is 0.0220. The summed E-state index contributed by atoms with van der Waals surface area (Å²) in [5, 5.41) is 0. The van der Waals surface area contributed by atoms with Crippen LogP contribution in [0.4, 0.5) is 5.82 Å². The summed E-state index contributed by atoms with van der Waals surface area (Å²) < 4.78 is 0. The molecule has 2 unspecified atom stereocenters. The van der Waals surface area contributed by atoms with Gasteiger partial charge in [-0.05, 0) is 38.4 Å². The van der Waals surface area contributed by atoms with E-state index < -0.39 is 0 Å². The summed E-state index contributed by atoms with van der Waals surface area (Å²) >= 11 is 0. The Balaban J connectivity index is 1.80. The first-order chi connectivity index (χ1) is 10.2. The first kappa shape index (κ1) is 14.3. The molecule has 3 rings (SSSR count). The second-order valence-electron chi connectivity index (χ2n) is 5.99. The summed E-state index contributed by atoms with van der Waals surface area (Å²) in [5.74, 6) is 5.93. The summed E-state index contributed by atoms with van der Waals surface area (Å²) in [5.41, 5.74) is 3.07. The third-order valence-corrected chi connectivity index (χ3v) is 4.62. The van der Waals surface area contributed by atoms with E-state index in [2.05, 4.69) is 22.2 Å². The van der Waals surface area contributed by atoms with Gasteiger partial charge in [0, 0.05) is 31.4 Å². The number of hydrogen-bond donors (Lipinski definition) is 2. The van der Waals surface area contributed by atoms with Gasteiger partial charge in [0.05, 0.1) is 5.56 Å². The van der Waals surface area contributed by atoms with Crippen LogP contribution in [0.3, 0.4) is 0 Å². The Hall–Kier alpha value is -1.66. The molecule has 1 aromatic rings. The molecule has 114 valence electrons. The highest BCUT2D eigenvalue weighted by Crippen LogP contribution is 2.26. The van der Waals surface area contributed by atoms with Gasteiger partial charge in [-0.15, -0.1) is 0 Å². The van der Waals surface area contributed by atoms with Crippen molar-refractivity contribution in [2.75, 3.05) is 25.1 Å². The minimum Gasteiger partial charge on any atom is -0.333 e. The fourth-order valence-corrected chi connectivity index (χ4v) is 3.48. The molecule has 2 saturated heterocycles. The molecular formula is C15H23N5O. The summed E-state index contributed by atoms with van der Waals surface area (Å²) in [7, 11) is 0. The van der Waals surface area contributed by atoms with Crippen molar-refractivity contribution in [3.63, 3.8) is 0 Å². The molecule has 0 aromatic carbocycles. The zero-order valence-corrected chi connectivity index (χ0v) is 12.5. The predicted octanol–water partition coefficient (Wildman–Crippen LogP) is 1.07. The van der Waals surface area contributed by atoms with E-state index >= 15 is 0 Å².